The second kappa shape index (κ2) is 4.99. The Balaban J connectivity index is 1.79. The Kier molecular flexibility index (Phi) is 3.41. The number of nitrogens with zero attached hydrogens (tertiary/aromatic N) is 2. The topological polar surface area (TPSA) is 76.0 Å². The second-order valence-electron chi connectivity index (χ2n) is 4.21. The van der Waals surface area contributed by atoms with Crippen LogP contribution in [0.5, 0.6) is 0 Å². The lowest BCUT2D eigenvalue weighted by molar-refractivity contribution is -0.120. The fourth-order valence-corrected chi connectivity index (χ4v) is 1.44. The first-order chi connectivity index (χ1) is 8.16. The summed E-state index contributed by atoms with van der Waals surface area (Å²) >= 11 is 0. The first kappa shape index (κ1) is 11.6. The molecule has 1 aromatic rings. The Morgan fingerprint density at radius 1 is 1.59 bits per heavy atom. The minimum atomic E-state index is -0.185. The Bertz CT molecular complexity index is 465. The third-order valence-electron chi connectivity index (χ3n) is 2.60. The van der Waals surface area contributed by atoms with Crippen LogP contribution in [0.2, 0.25) is 0 Å². The van der Waals surface area contributed by atoms with E-state index in [9.17, 15) is 9.59 Å². The highest BCUT2D eigenvalue weighted by atomic mass is 16.1. The van der Waals surface area contributed by atoms with Crippen LogP contribution in [-0.2, 0) is 11.8 Å². The van der Waals surface area contributed by atoms with E-state index in [4.69, 9.17) is 0 Å². The van der Waals surface area contributed by atoms with Crippen molar-refractivity contribution in [3.05, 3.63) is 22.7 Å². The molecule has 0 aliphatic heterocycles. The number of anilines is 1. The summed E-state index contributed by atoms with van der Waals surface area (Å²) < 4.78 is 1.44. The van der Waals surface area contributed by atoms with Gasteiger partial charge in [-0.15, -0.1) is 0 Å². The summed E-state index contributed by atoms with van der Waals surface area (Å²) in [6.45, 7) is 0.421. The van der Waals surface area contributed by atoms with Gasteiger partial charge in [0.2, 0.25) is 5.91 Å². The van der Waals surface area contributed by atoms with E-state index in [0.29, 0.717) is 19.0 Å². The zero-order valence-corrected chi connectivity index (χ0v) is 9.77. The third kappa shape index (κ3) is 3.30. The van der Waals surface area contributed by atoms with Crippen molar-refractivity contribution in [3.8, 4) is 0 Å². The molecule has 6 heteroatoms. The van der Waals surface area contributed by atoms with Crippen molar-refractivity contribution in [1.29, 1.82) is 0 Å². The average molecular weight is 236 g/mol. The molecule has 2 rings (SSSR count). The number of aromatic nitrogens is 2. The van der Waals surface area contributed by atoms with E-state index in [-0.39, 0.29) is 17.3 Å². The monoisotopic (exact) mass is 236 g/mol. The van der Waals surface area contributed by atoms with Crippen LogP contribution in [-0.4, -0.2) is 28.0 Å². The van der Waals surface area contributed by atoms with Gasteiger partial charge in [0.05, 0.1) is 0 Å². The van der Waals surface area contributed by atoms with E-state index in [2.05, 4.69) is 15.6 Å². The quantitative estimate of drug-likeness (QED) is 0.746. The minimum absolute atomic E-state index is 0.0211. The molecule has 1 aliphatic carbocycles. The van der Waals surface area contributed by atoms with Gasteiger partial charge in [-0.2, -0.15) is 0 Å². The highest BCUT2D eigenvalue weighted by Crippen LogP contribution is 2.18. The molecule has 17 heavy (non-hydrogen) atoms. The normalized spacial score (nSPS) is 14.4. The predicted molar refractivity (Wildman–Crippen MR) is 63.7 cm³/mol. The van der Waals surface area contributed by atoms with Crippen LogP contribution in [0.4, 0.5) is 5.82 Å². The second-order valence-corrected chi connectivity index (χ2v) is 4.21. The van der Waals surface area contributed by atoms with Gasteiger partial charge in [0.25, 0.3) is 5.56 Å². The van der Waals surface area contributed by atoms with E-state index >= 15 is 0 Å². The third-order valence-corrected chi connectivity index (χ3v) is 2.60. The molecule has 1 aromatic heterocycles. The van der Waals surface area contributed by atoms with Crippen molar-refractivity contribution in [2.75, 3.05) is 11.9 Å². The van der Waals surface area contributed by atoms with Crippen LogP contribution in [0.25, 0.3) is 0 Å². The van der Waals surface area contributed by atoms with E-state index in [1.54, 1.807) is 19.4 Å². The lowest BCUT2D eigenvalue weighted by Gasteiger charge is -2.06. The van der Waals surface area contributed by atoms with Gasteiger partial charge in [0, 0.05) is 38.4 Å². The summed E-state index contributed by atoms with van der Waals surface area (Å²) in [7, 11) is 1.66. The molecular formula is C11H16N4O2. The highest BCUT2D eigenvalue weighted by Gasteiger charge is 2.22. The van der Waals surface area contributed by atoms with Crippen molar-refractivity contribution in [2.24, 2.45) is 7.05 Å². The fraction of sp³-hybridized carbons (Fsp3) is 0.545. The molecule has 1 heterocycles. The van der Waals surface area contributed by atoms with Crippen LogP contribution in [0.15, 0.2) is 17.2 Å². The summed E-state index contributed by atoms with van der Waals surface area (Å²) in [5, 5.41) is 5.76. The summed E-state index contributed by atoms with van der Waals surface area (Å²) in [5.74, 6) is 0.307. The molecule has 0 saturated heterocycles. The van der Waals surface area contributed by atoms with Gasteiger partial charge < -0.3 is 15.2 Å². The molecule has 1 aliphatic rings. The number of rotatable bonds is 5. The van der Waals surface area contributed by atoms with Crippen molar-refractivity contribution in [2.45, 2.75) is 25.3 Å². The standard InChI is InChI=1S/C11H16N4O2/c1-15-7-6-13-10(11(15)17)12-5-4-9(16)14-8-2-3-8/h6-8H,2-5H2,1H3,(H,12,13)(H,14,16). The maximum Gasteiger partial charge on any atom is 0.293 e. The number of hydrogen-bond acceptors (Lipinski definition) is 4. The Labute approximate surface area is 99.1 Å². The zero-order chi connectivity index (χ0) is 12.3. The molecule has 0 aromatic carbocycles. The molecule has 1 saturated carbocycles. The minimum Gasteiger partial charge on any atom is -0.365 e. The largest absolute Gasteiger partial charge is 0.365 e. The molecule has 0 unspecified atom stereocenters. The molecule has 6 nitrogen and oxygen atoms in total. The van der Waals surface area contributed by atoms with E-state index in [0.717, 1.165) is 12.8 Å². The highest BCUT2D eigenvalue weighted by molar-refractivity contribution is 5.77. The van der Waals surface area contributed by atoms with E-state index in [1.165, 1.54) is 4.57 Å². The molecule has 0 spiro atoms. The molecule has 2 N–H and O–H groups in total. The SMILES string of the molecule is Cn1ccnc(NCCC(=O)NC2CC2)c1=O. The van der Waals surface area contributed by atoms with Crippen LogP contribution < -0.4 is 16.2 Å². The molecule has 1 fully saturated rings. The maximum absolute atomic E-state index is 11.6. The number of carbonyl (C=O) groups is 1. The lowest BCUT2D eigenvalue weighted by atomic mass is 10.4. The molecule has 92 valence electrons. The van der Waals surface area contributed by atoms with Gasteiger partial charge in [-0.25, -0.2) is 4.98 Å². The van der Waals surface area contributed by atoms with Gasteiger partial charge in [-0.05, 0) is 12.8 Å². The van der Waals surface area contributed by atoms with Crippen molar-refractivity contribution in [3.63, 3.8) is 0 Å². The lowest BCUT2D eigenvalue weighted by Crippen LogP contribution is -2.28. The Morgan fingerprint density at radius 2 is 2.35 bits per heavy atom. The fourth-order valence-electron chi connectivity index (χ4n) is 1.44. The zero-order valence-electron chi connectivity index (χ0n) is 9.77. The van der Waals surface area contributed by atoms with Crippen LogP contribution in [0.1, 0.15) is 19.3 Å². The molecular weight excluding hydrogens is 220 g/mol. The summed E-state index contributed by atoms with van der Waals surface area (Å²) in [6.07, 6.45) is 5.66. The van der Waals surface area contributed by atoms with Crippen LogP contribution >= 0.6 is 0 Å². The van der Waals surface area contributed by atoms with Crippen molar-refractivity contribution < 1.29 is 4.79 Å². The summed E-state index contributed by atoms with van der Waals surface area (Å²) in [4.78, 5) is 26.9. The molecule has 0 radical (unpaired) electrons. The number of carbonyl (C=O) groups excluding carboxylic acids is 1. The molecule has 0 atom stereocenters. The predicted octanol–water partition coefficient (Wildman–Crippen LogP) is -0.139. The van der Waals surface area contributed by atoms with Gasteiger partial charge in [0.15, 0.2) is 5.82 Å². The van der Waals surface area contributed by atoms with Crippen LogP contribution in [0.3, 0.4) is 0 Å². The van der Waals surface area contributed by atoms with Gasteiger partial charge in [-0.1, -0.05) is 0 Å². The first-order valence-corrected chi connectivity index (χ1v) is 5.71. The summed E-state index contributed by atoms with van der Waals surface area (Å²) in [6, 6.07) is 0.380. The van der Waals surface area contributed by atoms with Crippen molar-refractivity contribution in [1.82, 2.24) is 14.9 Å². The van der Waals surface area contributed by atoms with Gasteiger partial charge >= 0.3 is 0 Å². The van der Waals surface area contributed by atoms with Crippen molar-refractivity contribution >= 4 is 11.7 Å². The van der Waals surface area contributed by atoms with Crippen LogP contribution in [0, 0.1) is 0 Å². The summed E-state index contributed by atoms with van der Waals surface area (Å²) in [5.41, 5.74) is -0.185. The maximum atomic E-state index is 11.6. The first-order valence-electron chi connectivity index (χ1n) is 5.71. The smallest absolute Gasteiger partial charge is 0.293 e. The Hall–Kier alpha value is -1.85. The van der Waals surface area contributed by atoms with Gasteiger partial charge in [0.1, 0.15) is 0 Å². The number of aryl methyl sites for hydroxylation is 1. The van der Waals surface area contributed by atoms with Gasteiger partial charge in [-0.3, -0.25) is 9.59 Å². The molecule has 1 amide bonds. The van der Waals surface area contributed by atoms with E-state index in [1.807, 2.05) is 0 Å². The average Bonchev–Trinajstić information content (AvgIpc) is 3.08. The Morgan fingerprint density at radius 3 is 3.06 bits per heavy atom. The number of nitrogens with one attached hydrogen (secondary N) is 2. The molecule has 0 bridgehead atoms. The number of amides is 1. The van der Waals surface area contributed by atoms with E-state index < -0.39 is 0 Å². The number of hydrogen-bond donors (Lipinski definition) is 2.